The van der Waals surface area contributed by atoms with Gasteiger partial charge in [0.1, 0.15) is 0 Å². The van der Waals surface area contributed by atoms with Gasteiger partial charge < -0.3 is 9.80 Å². The van der Waals surface area contributed by atoms with Gasteiger partial charge in [-0.2, -0.15) is 4.57 Å². The number of likely N-dealkylation sites (N-methyl/N-ethyl adjacent to an activating group) is 1. The van der Waals surface area contributed by atoms with Gasteiger partial charge >= 0.3 is 0 Å². The number of rotatable bonds is 5. The Kier molecular flexibility index (Phi) is 5.15. The molecule has 1 atom stereocenters. The molecule has 0 saturated carbocycles. The third kappa shape index (κ3) is 3.85. The van der Waals surface area contributed by atoms with Crippen LogP contribution in [-0.2, 0) is 11.3 Å². The Bertz CT molecular complexity index is 608. The maximum Gasteiger partial charge on any atom is 0.291 e. The molecule has 4 heteroatoms. The summed E-state index contributed by atoms with van der Waals surface area (Å²) >= 11 is 0. The second kappa shape index (κ2) is 7.07. The highest BCUT2D eigenvalue weighted by Crippen LogP contribution is 2.10. The predicted molar refractivity (Wildman–Crippen MR) is 88.6 cm³/mol. The average molecular weight is 298 g/mol. The van der Waals surface area contributed by atoms with Crippen LogP contribution in [0.5, 0.6) is 0 Å². The minimum Gasteiger partial charge on any atom is -0.377 e. The van der Waals surface area contributed by atoms with Crippen molar-refractivity contribution in [1.82, 2.24) is 4.90 Å². The van der Waals surface area contributed by atoms with Gasteiger partial charge in [0.25, 0.3) is 5.91 Å². The second-order valence-corrected chi connectivity index (χ2v) is 5.75. The molecule has 1 aromatic carbocycles. The Balaban J connectivity index is 2.04. The minimum atomic E-state index is -0.218. The van der Waals surface area contributed by atoms with Crippen LogP contribution >= 0.6 is 0 Å². The lowest BCUT2D eigenvalue weighted by Gasteiger charge is -2.19. The van der Waals surface area contributed by atoms with E-state index in [0.29, 0.717) is 6.54 Å². The van der Waals surface area contributed by atoms with Crippen LogP contribution in [0.3, 0.4) is 0 Å². The molecule has 2 aromatic rings. The van der Waals surface area contributed by atoms with Crippen LogP contribution in [-0.4, -0.2) is 32.0 Å². The first-order chi connectivity index (χ1) is 10.5. The standard InChI is InChI=1S/C18H24N3O/c1-15(21-12-10-17(11-13-21)19(2)3)18(22)20(4)14-16-8-6-5-7-9-16/h5-13,15H,14H2,1-4H3/q+1/t15-/m0/s1. The van der Waals surface area contributed by atoms with Gasteiger partial charge in [-0.15, -0.1) is 0 Å². The molecule has 0 fully saturated rings. The molecule has 0 bridgehead atoms. The minimum absolute atomic E-state index is 0.103. The van der Waals surface area contributed by atoms with Crippen LogP contribution in [0.15, 0.2) is 54.9 Å². The number of pyridine rings is 1. The first-order valence-electron chi connectivity index (χ1n) is 7.46. The summed E-state index contributed by atoms with van der Waals surface area (Å²) in [5.74, 6) is 0.103. The van der Waals surface area contributed by atoms with Crippen LogP contribution in [0.1, 0.15) is 18.5 Å². The number of benzene rings is 1. The highest BCUT2D eigenvalue weighted by atomic mass is 16.2. The van der Waals surface area contributed by atoms with Crippen LogP contribution in [0.4, 0.5) is 5.69 Å². The molecule has 2 rings (SSSR count). The van der Waals surface area contributed by atoms with Gasteiger partial charge in [0.05, 0.1) is 0 Å². The Hall–Kier alpha value is -2.36. The number of carbonyl (C=O) groups is 1. The van der Waals surface area contributed by atoms with Gasteiger partial charge in [0.2, 0.25) is 6.04 Å². The van der Waals surface area contributed by atoms with Crippen molar-refractivity contribution in [1.29, 1.82) is 0 Å². The number of amides is 1. The molecule has 0 radical (unpaired) electrons. The Morgan fingerprint density at radius 3 is 2.18 bits per heavy atom. The van der Waals surface area contributed by atoms with Crippen LogP contribution in [0.2, 0.25) is 0 Å². The summed E-state index contributed by atoms with van der Waals surface area (Å²) in [4.78, 5) is 16.4. The Morgan fingerprint density at radius 1 is 1.05 bits per heavy atom. The summed E-state index contributed by atoms with van der Waals surface area (Å²) in [6, 6.07) is 13.8. The number of aromatic nitrogens is 1. The van der Waals surface area contributed by atoms with Crippen molar-refractivity contribution in [2.75, 3.05) is 26.0 Å². The van der Waals surface area contributed by atoms with Crippen molar-refractivity contribution < 1.29 is 9.36 Å². The van der Waals surface area contributed by atoms with E-state index in [1.165, 1.54) is 0 Å². The molecular weight excluding hydrogens is 274 g/mol. The molecule has 0 aliphatic rings. The van der Waals surface area contributed by atoms with E-state index >= 15 is 0 Å². The van der Waals surface area contributed by atoms with Crippen LogP contribution < -0.4 is 9.47 Å². The maximum atomic E-state index is 12.6. The molecule has 1 heterocycles. The van der Waals surface area contributed by atoms with Gasteiger partial charge in [-0.3, -0.25) is 4.79 Å². The zero-order valence-corrected chi connectivity index (χ0v) is 13.7. The normalized spacial score (nSPS) is 11.8. The summed E-state index contributed by atoms with van der Waals surface area (Å²) in [6.07, 6.45) is 3.91. The predicted octanol–water partition coefficient (Wildman–Crippen LogP) is 2.26. The first-order valence-corrected chi connectivity index (χ1v) is 7.46. The summed E-state index contributed by atoms with van der Waals surface area (Å²) in [6.45, 7) is 2.56. The molecule has 1 amide bonds. The number of hydrogen-bond donors (Lipinski definition) is 0. The van der Waals surface area contributed by atoms with E-state index in [1.54, 1.807) is 4.90 Å². The fourth-order valence-electron chi connectivity index (χ4n) is 2.37. The largest absolute Gasteiger partial charge is 0.377 e. The summed E-state index contributed by atoms with van der Waals surface area (Å²) < 4.78 is 1.94. The highest BCUT2D eigenvalue weighted by molar-refractivity contribution is 5.78. The van der Waals surface area contributed by atoms with E-state index in [0.717, 1.165) is 11.3 Å². The fraction of sp³-hybridized carbons (Fsp3) is 0.333. The lowest BCUT2D eigenvalue weighted by Crippen LogP contribution is -2.46. The van der Waals surface area contributed by atoms with E-state index < -0.39 is 0 Å². The summed E-state index contributed by atoms with van der Waals surface area (Å²) in [5, 5.41) is 0. The van der Waals surface area contributed by atoms with E-state index in [4.69, 9.17) is 0 Å². The second-order valence-electron chi connectivity index (χ2n) is 5.75. The van der Waals surface area contributed by atoms with Gasteiger partial charge in [-0.25, -0.2) is 0 Å². The lowest BCUT2D eigenvalue weighted by molar-refractivity contribution is -0.706. The molecular formula is C18H24N3O+. The highest BCUT2D eigenvalue weighted by Gasteiger charge is 2.25. The molecule has 0 spiro atoms. The van der Waals surface area contributed by atoms with Gasteiger partial charge in [-0.05, 0) is 5.56 Å². The molecule has 116 valence electrons. The monoisotopic (exact) mass is 298 g/mol. The smallest absolute Gasteiger partial charge is 0.291 e. The molecule has 0 aliphatic carbocycles. The van der Waals surface area contributed by atoms with Gasteiger partial charge in [-0.1, -0.05) is 30.3 Å². The van der Waals surface area contributed by atoms with Crippen LogP contribution in [0.25, 0.3) is 0 Å². The zero-order chi connectivity index (χ0) is 16.1. The fourth-order valence-corrected chi connectivity index (χ4v) is 2.37. The molecule has 1 aromatic heterocycles. The van der Waals surface area contributed by atoms with Crippen molar-refractivity contribution in [2.24, 2.45) is 0 Å². The maximum absolute atomic E-state index is 12.6. The van der Waals surface area contributed by atoms with Crippen molar-refractivity contribution in [3.05, 3.63) is 60.4 Å². The van der Waals surface area contributed by atoms with Crippen molar-refractivity contribution in [3.8, 4) is 0 Å². The number of anilines is 1. The molecule has 0 saturated heterocycles. The number of carbonyl (C=O) groups excluding carboxylic acids is 1. The Morgan fingerprint density at radius 2 is 1.64 bits per heavy atom. The van der Waals surface area contributed by atoms with E-state index in [1.807, 2.05) is 92.4 Å². The summed E-state index contributed by atoms with van der Waals surface area (Å²) in [5.41, 5.74) is 2.26. The first kappa shape index (κ1) is 16.0. The number of nitrogens with zero attached hydrogens (tertiary/aromatic N) is 3. The molecule has 0 N–H and O–H groups in total. The quantitative estimate of drug-likeness (QED) is 0.792. The Labute approximate surface area is 132 Å². The summed E-state index contributed by atoms with van der Waals surface area (Å²) in [7, 11) is 5.85. The topological polar surface area (TPSA) is 27.4 Å². The molecule has 22 heavy (non-hydrogen) atoms. The van der Waals surface area contributed by atoms with Crippen LogP contribution in [0, 0.1) is 0 Å². The number of hydrogen-bond acceptors (Lipinski definition) is 2. The SMILES string of the molecule is C[C@@H](C(=O)N(C)Cc1ccccc1)[n+]1ccc(N(C)C)cc1. The van der Waals surface area contributed by atoms with Gasteiger partial charge in [0.15, 0.2) is 12.4 Å². The third-order valence-electron chi connectivity index (χ3n) is 3.79. The van der Waals surface area contributed by atoms with E-state index in [-0.39, 0.29) is 11.9 Å². The van der Waals surface area contributed by atoms with Gasteiger partial charge in [0, 0.05) is 52.4 Å². The van der Waals surface area contributed by atoms with E-state index in [2.05, 4.69) is 0 Å². The third-order valence-corrected chi connectivity index (χ3v) is 3.79. The van der Waals surface area contributed by atoms with E-state index in [9.17, 15) is 4.79 Å². The molecule has 0 aliphatic heterocycles. The van der Waals surface area contributed by atoms with Crippen molar-refractivity contribution in [2.45, 2.75) is 19.5 Å². The zero-order valence-electron chi connectivity index (χ0n) is 13.7. The lowest BCUT2D eigenvalue weighted by atomic mass is 10.2. The molecule has 4 nitrogen and oxygen atoms in total. The molecule has 0 unspecified atom stereocenters. The average Bonchev–Trinajstić information content (AvgIpc) is 2.54. The van der Waals surface area contributed by atoms with Crippen molar-refractivity contribution >= 4 is 11.6 Å². The van der Waals surface area contributed by atoms with Crippen molar-refractivity contribution in [3.63, 3.8) is 0 Å².